The van der Waals surface area contributed by atoms with Crippen LogP contribution in [-0.2, 0) is 5.41 Å². The highest BCUT2D eigenvalue weighted by Gasteiger charge is 2.37. The molecule has 7 heteroatoms. The van der Waals surface area contributed by atoms with Crippen LogP contribution in [0, 0.1) is 0 Å². The number of rotatable bonds is 3. The Balaban J connectivity index is 1.68. The van der Waals surface area contributed by atoms with Crippen LogP contribution in [0.5, 0.6) is 0 Å². The molecule has 0 saturated carbocycles. The minimum Gasteiger partial charge on any atom is -0.361 e. The summed E-state index contributed by atoms with van der Waals surface area (Å²) in [6.45, 7) is 3.55. The van der Waals surface area contributed by atoms with Gasteiger partial charge in [0.25, 0.3) is 5.91 Å². The Labute approximate surface area is 158 Å². The summed E-state index contributed by atoms with van der Waals surface area (Å²) in [5.74, 6) is 0.875. The number of hydrogen-bond donors (Lipinski definition) is 0. The molecule has 4 heterocycles. The molecule has 3 aromatic heterocycles. The number of aromatic nitrogens is 4. The second kappa shape index (κ2) is 6.64. The lowest BCUT2D eigenvalue weighted by Crippen LogP contribution is -2.47. The van der Waals surface area contributed by atoms with Crippen LogP contribution in [-0.4, -0.2) is 57.3 Å². The van der Waals surface area contributed by atoms with E-state index in [9.17, 15) is 4.79 Å². The monoisotopic (exact) mass is 364 g/mol. The third kappa shape index (κ3) is 3.13. The third-order valence-corrected chi connectivity index (χ3v) is 5.30. The van der Waals surface area contributed by atoms with Crippen LogP contribution in [0.1, 0.15) is 35.9 Å². The molecule has 1 fully saturated rings. The standard InChI is InChI=1S/C20H24N6O/c1-20(17-13-25-10-4-6-16(25)18(23-17)24(2)3)7-5-11-26(14-20)19(27)15-12-21-8-9-22-15/h4,6,8-10,12-13H,5,7,11,14H2,1-3H3. The van der Waals surface area contributed by atoms with Crippen molar-refractivity contribution in [3.05, 3.63) is 54.5 Å². The van der Waals surface area contributed by atoms with Crippen molar-refractivity contribution < 1.29 is 4.79 Å². The summed E-state index contributed by atoms with van der Waals surface area (Å²) in [6.07, 6.45) is 10.7. The van der Waals surface area contributed by atoms with E-state index in [1.54, 1.807) is 12.4 Å². The molecule has 1 aliphatic rings. The van der Waals surface area contributed by atoms with Gasteiger partial charge in [0.1, 0.15) is 5.69 Å². The number of hydrogen-bond acceptors (Lipinski definition) is 5. The topological polar surface area (TPSA) is 66.6 Å². The fraction of sp³-hybridized carbons (Fsp3) is 0.400. The molecule has 3 aromatic rings. The van der Waals surface area contributed by atoms with Gasteiger partial charge in [-0.1, -0.05) is 6.92 Å². The maximum Gasteiger partial charge on any atom is 0.274 e. The first kappa shape index (κ1) is 17.5. The zero-order chi connectivity index (χ0) is 19.0. The first-order chi connectivity index (χ1) is 13.0. The van der Waals surface area contributed by atoms with E-state index in [-0.39, 0.29) is 11.3 Å². The lowest BCUT2D eigenvalue weighted by atomic mass is 9.79. The van der Waals surface area contributed by atoms with Crippen LogP contribution in [0.25, 0.3) is 5.52 Å². The van der Waals surface area contributed by atoms with Gasteiger partial charge in [0.05, 0.1) is 17.4 Å². The van der Waals surface area contributed by atoms with E-state index < -0.39 is 0 Å². The number of nitrogens with zero attached hydrogens (tertiary/aromatic N) is 6. The second-order valence-electron chi connectivity index (χ2n) is 7.63. The minimum absolute atomic E-state index is 0.0658. The van der Waals surface area contributed by atoms with E-state index in [0.29, 0.717) is 12.2 Å². The maximum atomic E-state index is 12.9. The van der Waals surface area contributed by atoms with Gasteiger partial charge in [-0.05, 0) is 25.0 Å². The minimum atomic E-state index is -0.209. The van der Waals surface area contributed by atoms with Crippen molar-refractivity contribution in [1.82, 2.24) is 24.3 Å². The maximum absolute atomic E-state index is 12.9. The molecule has 0 N–H and O–H groups in total. The third-order valence-electron chi connectivity index (χ3n) is 5.30. The fourth-order valence-corrected chi connectivity index (χ4v) is 3.84. The predicted molar refractivity (Wildman–Crippen MR) is 104 cm³/mol. The number of piperidine rings is 1. The number of carbonyl (C=O) groups is 1. The molecule has 27 heavy (non-hydrogen) atoms. The summed E-state index contributed by atoms with van der Waals surface area (Å²) in [7, 11) is 4.01. The van der Waals surface area contributed by atoms with E-state index in [1.807, 2.05) is 36.2 Å². The highest BCUT2D eigenvalue weighted by molar-refractivity contribution is 5.92. The molecule has 1 atom stereocenters. The van der Waals surface area contributed by atoms with Gasteiger partial charge in [-0.3, -0.25) is 9.78 Å². The van der Waals surface area contributed by atoms with Gasteiger partial charge in [0.2, 0.25) is 0 Å². The SMILES string of the molecule is CN(C)c1nc(C2(C)CCCN(C(=O)c3cnccn3)C2)cn2cccc12. The van der Waals surface area contributed by atoms with Crippen molar-refractivity contribution in [2.75, 3.05) is 32.1 Å². The lowest BCUT2D eigenvalue weighted by Gasteiger charge is -2.40. The molecule has 4 rings (SSSR count). The summed E-state index contributed by atoms with van der Waals surface area (Å²) in [5, 5.41) is 0. The Morgan fingerprint density at radius 2 is 2.15 bits per heavy atom. The molecular formula is C20H24N6O. The highest BCUT2D eigenvalue weighted by atomic mass is 16.2. The van der Waals surface area contributed by atoms with Gasteiger partial charge in [-0.25, -0.2) is 9.97 Å². The quantitative estimate of drug-likeness (QED) is 0.714. The molecule has 1 amide bonds. The van der Waals surface area contributed by atoms with E-state index in [1.165, 1.54) is 6.20 Å². The largest absolute Gasteiger partial charge is 0.361 e. The Hall–Kier alpha value is -2.96. The van der Waals surface area contributed by atoms with Crippen molar-refractivity contribution in [1.29, 1.82) is 0 Å². The molecular weight excluding hydrogens is 340 g/mol. The molecule has 0 bridgehead atoms. The van der Waals surface area contributed by atoms with Crippen LogP contribution in [0.4, 0.5) is 5.82 Å². The summed E-state index contributed by atoms with van der Waals surface area (Å²) < 4.78 is 2.12. The molecule has 1 aliphatic heterocycles. The fourth-order valence-electron chi connectivity index (χ4n) is 3.84. The smallest absolute Gasteiger partial charge is 0.274 e. The molecule has 7 nitrogen and oxygen atoms in total. The van der Waals surface area contributed by atoms with Gasteiger partial charge in [0, 0.05) is 57.4 Å². The average molecular weight is 364 g/mol. The van der Waals surface area contributed by atoms with Crippen LogP contribution in [0.15, 0.2) is 43.1 Å². The second-order valence-corrected chi connectivity index (χ2v) is 7.63. The molecule has 0 radical (unpaired) electrons. The Morgan fingerprint density at radius 3 is 2.89 bits per heavy atom. The molecule has 0 spiro atoms. The molecule has 0 aliphatic carbocycles. The average Bonchev–Trinajstić information content (AvgIpc) is 3.16. The zero-order valence-corrected chi connectivity index (χ0v) is 16.0. The van der Waals surface area contributed by atoms with Crippen LogP contribution >= 0.6 is 0 Å². The van der Waals surface area contributed by atoms with Gasteiger partial charge >= 0.3 is 0 Å². The van der Waals surface area contributed by atoms with Gasteiger partial charge in [-0.15, -0.1) is 0 Å². The van der Waals surface area contributed by atoms with E-state index >= 15 is 0 Å². The first-order valence-electron chi connectivity index (χ1n) is 9.19. The number of carbonyl (C=O) groups excluding carboxylic acids is 1. The van der Waals surface area contributed by atoms with Crippen LogP contribution in [0.2, 0.25) is 0 Å². The van der Waals surface area contributed by atoms with Crippen molar-refractivity contribution >= 4 is 17.2 Å². The summed E-state index contributed by atoms with van der Waals surface area (Å²) in [6, 6.07) is 4.10. The van der Waals surface area contributed by atoms with Crippen molar-refractivity contribution in [2.24, 2.45) is 0 Å². The van der Waals surface area contributed by atoms with Crippen molar-refractivity contribution in [2.45, 2.75) is 25.2 Å². The van der Waals surface area contributed by atoms with Crippen molar-refractivity contribution in [3.8, 4) is 0 Å². The normalized spacial score (nSPS) is 20.0. The highest BCUT2D eigenvalue weighted by Crippen LogP contribution is 2.34. The van der Waals surface area contributed by atoms with E-state index in [2.05, 4.69) is 33.6 Å². The molecule has 1 unspecified atom stereocenters. The zero-order valence-electron chi connectivity index (χ0n) is 16.0. The number of likely N-dealkylation sites (tertiary alicyclic amines) is 1. The Morgan fingerprint density at radius 1 is 1.30 bits per heavy atom. The molecule has 1 saturated heterocycles. The number of amides is 1. The Bertz CT molecular complexity index is 967. The van der Waals surface area contributed by atoms with Gasteiger partial charge in [0.15, 0.2) is 5.82 Å². The lowest BCUT2D eigenvalue weighted by molar-refractivity contribution is 0.0641. The number of fused-ring (bicyclic) bond motifs is 1. The van der Waals surface area contributed by atoms with Crippen molar-refractivity contribution in [3.63, 3.8) is 0 Å². The summed E-state index contributed by atoms with van der Waals surface area (Å²) in [5.41, 5.74) is 2.27. The van der Waals surface area contributed by atoms with Crippen LogP contribution < -0.4 is 4.90 Å². The summed E-state index contributed by atoms with van der Waals surface area (Å²) in [4.78, 5) is 29.9. The molecule has 0 aromatic carbocycles. The molecule has 140 valence electrons. The Kier molecular flexibility index (Phi) is 4.30. The van der Waals surface area contributed by atoms with Crippen LogP contribution in [0.3, 0.4) is 0 Å². The van der Waals surface area contributed by atoms with Gasteiger partial charge < -0.3 is 14.2 Å². The van der Waals surface area contributed by atoms with E-state index in [0.717, 1.165) is 36.4 Å². The predicted octanol–water partition coefficient (Wildman–Crippen LogP) is 2.38. The first-order valence-corrected chi connectivity index (χ1v) is 9.19. The van der Waals surface area contributed by atoms with E-state index in [4.69, 9.17) is 4.98 Å². The number of anilines is 1. The summed E-state index contributed by atoms with van der Waals surface area (Å²) >= 11 is 0. The van der Waals surface area contributed by atoms with Gasteiger partial charge in [-0.2, -0.15) is 0 Å².